The normalized spacial score (nSPS) is 12.9. The van der Waals surface area contributed by atoms with Gasteiger partial charge in [-0.15, -0.1) is 0 Å². The number of benzene rings is 1. The number of hydrogen-bond donors (Lipinski definition) is 1. The summed E-state index contributed by atoms with van der Waals surface area (Å²) in [5.41, 5.74) is 1.04. The fourth-order valence-electron chi connectivity index (χ4n) is 1.77. The molecule has 0 bridgehead atoms. The summed E-state index contributed by atoms with van der Waals surface area (Å²) >= 11 is 0. The monoisotopic (exact) mass is 292 g/mol. The highest BCUT2D eigenvalue weighted by molar-refractivity contribution is 7.92. The van der Waals surface area contributed by atoms with Gasteiger partial charge in [-0.25, -0.2) is 8.42 Å². The van der Waals surface area contributed by atoms with Crippen molar-refractivity contribution in [2.45, 2.75) is 17.9 Å². The summed E-state index contributed by atoms with van der Waals surface area (Å²) < 4.78 is 26.2. The molecule has 20 heavy (non-hydrogen) atoms. The number of hydrogen-bond acceptors (Lipinski definition) is 4. The van der Waals surface area contributed by atoms with Crippen molar-refractivity contribution in [3.63, 3.8) is 0 Å². The van der Waals surface area contributed by atoms with Crippen LogP contribution in [0.25, 0.3) is 0 Å². The number of anilines is 1. The van der Waals surface area contributed by atoms with E-state index in [2.05, 4.69) is 4.98 Å². The van der Waals surface area contributed by atoms with Crippen LogP contribution in [0.15, 0.2) is 53.7 Å². The van der Waals surface area contributed by atoms with E-state index in [4.69, 9.17) is 0 Å². The molecule has 0 aliphatic carbocycles. The Bertz CT molecular complexity index is 685. The van der Waals surface area contributed by atoms with Crippen molar-refractivity contribution in [1.82, 2.24) is 4.98 Å². The maximum Gasteiger partial charge on any atom is 0.264 e. The van der Waals surface area contributed by atoms with E-state index in [9.17, 15) is 13.5 Å². The van der Waals surface area contributed by atoms with Crippen LogP contribution in [0.1, 0.15) is 18.6 Å². The average molecular weight is 292 g/mol. The molecule has 1 aromatic carbocycles. The van der Waals surface area contributed by atoms with Gasteiger partial charge in [0.1, 0.15) is 0 Å². The van der Waals surface area contributed by atoms with Gasteiger partial charge in [0.2, 0.25) is 0 Å². The number of pyridine rings is 1. The van der Waals surface area contributed by atoms with Gasteiger partial charge in [-0.2, -0.15) is 0 Å². The Morgan fingerprint density at radius 2 is 2.00 bits per heavy atom. The molecule has 0 spiro atoms. The number of nitrogens with zero attached hydrogens (tertiary/aromatic N) is 2. The number of aliphatic hydroxyl groups excluding tert-OH is 1. The lowest BCUT2D eigenvalue weighted by molar-refractivity contribution is 0.199. The number of rotatable bonds is 4. The molecule has 6 heteroatoms. The third kappa shape index (κ3) is 2.81. The quantitative estimate of drug-likeness (QED) is 0.935. The van der Waals surface area contributed by atoms with Crippen molar-refractivity contribution in [2.75, 3.05) is 11.4 Å². The van der Waals surface area contributed by atoms with Crippen molar-refractivity contribution in [3.05, 3.63) is 54.4 Å². The van der Waals surface area contributed by atoms with Gasteiger partial charge in [0.05, 0.1) is 22.9 Å². The molecule has 0 saturated heterocycles. The molecule has 5 nitrogen and oxygen atoms in total. The van der Waals surface area contributed by atoms with Gasteiger partial charge < -0.3 is 5.11 Å². The summed E-state index contributed by atoms with van der Waals surface area (Å²) in [4.78, 5) is 4.05. The second kappa shape index (κ2) is 5.60. The summed E-state index contributed by atoms with van der Waals surface area (Å²) in [6.45, 7) is 1.59. The molecule has 1 heterocycles. The average Bonchev–Trinajstić information content (AvgIpc) is 2.47. The first-order valence-electron chi connectivity index (χ1n) is 6.10. The smallest absolute Gasteiger partial charge is 0.264 e. The zero-order valence-corrected chi connectivity index (χ0v) is 12.1. The molecule has 0 aliphatic rings. The van der Waals surface area contributed by atoms with Crippen LogP contribution < -0.4 is 4.31 Å². The van der Waals surface area contributed by atoms with E-state index in [1.165, 1.54) is 29.7 Å². The summed E-state index contributed by atoms with van der Waals surface area (Å²) in [6.07, 6.45) is 2.35. The van der Waals surface area contributed by atoms with Gasteiger partial charge in [0.25, 0.3) is 10.0 Å². The first-order valence-corrected chi connectivity index (χ1v) is 7.54. The molecule has 1 atom stereocenters. The van der Waals surface area contributed by atoms with E-state index < -0.39 is 16.1 Å². The Morgan fingerprint density at radius 3 is 2.60 bits per heavy atom. The molecule has 1 unspecified atom stereocenters. The lowest BCUT2D eigenvalue weighted by Crippen LogP contribution is -2.26. The second-order valence-electron chi connectivity index (χ2n) is 4.43. The summed E-state index contributed by atoms with van der Waals surface area (Å²) in [5.74, 6) is 0. The Labute approximate surface area is 118 Å². The van der Waals surface area contributed by atoms with Crippen LogP contribution in [0.2, 0.25) is 0 Å². The van der Waals surface area contributed by atoms with E-state index in [0.717, 1.165) is 0 Å². The van der Waals surface area contributed by atoms with Crippen molar-refractivity contribution < 1.29 is 13.5 Å². The maximum absolute atomic E-state index is 12.5. The van der Waals surface area contributed by atoms with Crippen molar-refractivity contribution in [3.8, 4) is 0 Å². The maximum atomic E-state index is 12.5. The highest BCUT2D eigenvalue weighted by Crippen LogP contribution is 2.23. The summed E-state index contributed by atoms with van der Waals surface area (Å²) in [7, 11) is -2.19. The van der Waals surface area contributed by atoms with E-state index in [0.29, 0.717) is 11.3 Å². The predicted molar refractivity (Wildman–Crippen MR) is 76.9 cm³/mol. The molecule has 2 aromatic rings. The first-order chi connectivity index (χ1) is 9.43. The SMILES string of the molecule is CC(O)c1cccc(S(=O)(=O)N(C)c2cccnc2)c1. The van der Waals surface area contributed by atoms with Crippen LogP contribution in [0.5, 0.6) is 0 Å². The molecular formula is C14H16N2O3S. The number of aliphatic hydroxyl groups is 1. The molecule has 0 radical (unpaired) electrons. The zero-order valence-electron chi connectivity index (χ0n) is 11.3. The summed E-state index contributed by atoms with van der Waals surface area (Å²) in [5, 5.41) is 9.55. The second-order valence-corrected chi connectivity index (χ2v) is 6.40. The largest absolute Gasteiger partial charge is 0.389 e. The fraction of sp³-hybridized carbons (Fsp3) is 0.214. The minimum Gasteiger partial charge on any atom is -0.389 e. The minimum absolute atomic E-state index is 0.141. The van der Waals surface area contributed by atoms with Crippen molar-refractivity contribution in [2.24, 2.45) is 0 Å². The van der Waals surface area contributed by atoms with Crippen LogP contribution in [-0.2, 0) is 10.0 Å². The van der Waals surface area contributed by atoms with Crippen LogP contribution in [0.3, 0.4) is 0 Å². The van der Waals surface area contributed by atoms with Crippen LogP contribution in [0, 0.1) is 0 Å². The molecule has 1 N–H and O–H groups in total. The molecular weight excluding hydrogens is 276 g/mol. The summed E-state index contributed by atoms with van der Waals surface area (Å²) in [6, 6.07) is 9.64. The van der Waals surface area contributed by atoms with E-state index in [-0.39, 0.29) is 4.90 Å². The predicted octanol–water partition coefficient (Wildman–Crippen LogP) is 1.96. The standard InChI is InChI=1S/C14H16N2O3S/c1-11(17)12-5-3-7-14(9-12)20(18,19)16(2)13-6-4-8-15-10-13/h3-11,17H,1-2H3. The molecule has 0 aliphatic heterocycles. The lowest BCUT2D eigenvalue weighted by atomic mass is 10.1. The zero-order chi connectivity index (χ0) is 14.8. The molecule has 0 saturated carbocycles. The molecule has 0 amide bonds. The molecule has 106 valence electrons. The minimum atomic E-state index is -3.67. The van der Waals surface area contributed by atoms with Crippen LogP contribution >= 0.6 is 0 Å². The topological polar surface area (TPSA) is 70.5 Å². The highest BCUT2D eigenvalue weighted by atomic mass is 32.2. The van der Waals surface area contributed by atoms with Gasteiger partial charge in [0.15, 0.2) is 0 Å². The van der Waals surface area contributed by atoms with Crippen LogP contribution in [0.4, 0.5) is 5.69 Å². The third-order valence-electron chi connectivity index (χ3n) is 3.01. The fourth-order valence-corrected chi connectivity index (χ4v) is 3.01. The van der Waals surface area contributed by atoms with Gasteiger partial charge in [0, 0.05) is 13.2 Å². The molecule has 0 fully saturated rings. The first kappa shape index (κ1) is 14.5. The van der Waals surface area contributed by atoms with E-state index in [1.807, 2.05) is 0 Å². The Hall–Kier alpha value is -1.92. The van der Waals surface area contributed by atoms with Gasteiger partial charge in [-0.05, 0) is 36.8 Å². The van der Waals surface area contributed by atoms with Gasteiger partial charge in [-0.1, -0.05) is 12.1 Å². The number of sulfonamides is 1. The lowest BCUT2D eigenvalue weighted by Gasteiger charge is -2.19. The Balaban J connectivity index is 2.43. The highest BCUT2D eigenvalue weighted by Gasteiger charge is 2.22. The van der Waals surface area contributed by atoms with Gasteiger partial charge >= 0.3 is 0 Å². The molecule has 2 rings (SSSR count). The van der Waals surface area contributed by atoms with Crippen LogP contribution in [-0.4, -0.2) is 25.6 Å². The van der Waals surface area contributed by atoms with E-state index in [1.54, 1.807) is 37.4 Å². The number of aromatic nitrogens is 1. The van der Waals surface area contributed by atoms with Crippen molar-refractivity contribution in [1.29, 1.82) is 0 Å². The van der Waals surface area contributed by atoms with E-state index >= 15 is 0 Å². The van der Waals surface area contributed by atoms with Crippen molar-refractivity contribution >= 4 is 15.7 Å². The Kier molecular flexibility index (Phi) is 4.06. The third-order valence-corrected chi connectivity index (χ3v) is 4.79. The molecule has 1 aromatic heterocycles. The van der Waals surface area contributed by atoms with Gasteiger partial charge in [-0.3, -0.25) is 9.29 Å². The Morgan fingerprint density at radius 1 is 1.25 bits per heavy atom.